The molecular weight excluding hydrogens is 861 g/mol. The minimum absolute atomic E-state index is 0.0285. The zero-order chi connectivity index (χ0) is 48.2. The minimum atomic E-state index is -5.07. The molecule has 0 aromatic heterocycles. The second kappa shape index (κ2) is 44.3. The normalized spacial score (nSPS) is 19.9. The van der Waals surface area contributed by atoms with Crippen LogP contribution in [0.4, 0.5) is 0 Å². The summed E-state index contributed by atoms with van der Waals surface area (Å²) in [4.78, 5) is 12.9. The SMILES string of the molecule is CCCCCCC/C=C\C/C=C\C/C=C\CCCCCCCCCCC(=O)OC(COCCCCCCCC/C=C\CCCCCCCC)COC1OC(CO)C(O)C(OS(=O)(=O)O)C1O. The molecule has 0 aromatic carbocycles. The van der Waals surface area contributed by atoms with Crippen LogP contribution in [0.25, 0.3) is 0 Å². The number of ether oxygens (including phenoxy) is 4. The molecule has 0 radical (unpaired) electrons. The summed E-state index contributed by atoms with van der Waals surface area (Å²) in [6.45, 7) is 3.97. The summed E-state index contributed by atoms with van der Waals surface area (Å²) in [5.41, 5.74) is 0. The lowest BCUT2D eigenvalue weighted by atomic mass is 9.99. The maximum Gasteiger partial charge on any atom is 0.397 e. The second-order valence-electron chi connectivity index (χ2n) is 18.1. The molecule has 0 spiro atoms. The van der Waals surface area contributed by atoms with Crippen molar-refractivity contribution in [3.8, 4) is 0 Å². The average Bonchev–Trinajstić information content (AvgIpc) is 3.29. The van der Waals surface area contributed by atoms with Gasteiger partial charge in [-0.05, 0) is 77.0 Å². The molecule has 1 fully saturated rings. The summed E-state index contributed by atoms with van der Waals surface area (Å²) in [6.07, 6.45) is 45.7. The number of aliphatic hydroxyl groups is 3. The van der Waals surface area contributed by atoms with E-state index in [1.54, 1.807) is 0 Å². The van der Waals surface area contributed by atoms with Gasteiger partial charge in [-0.3, -0.25) is 9.35 Å². The maximum absolute atomic E-state index is 12.9. The van der Waals surface area contributed by atoms with E-state index in [0.717, 1.165) is 64.2 Å². The molecule has 0 aromatic rings. The first-order valence-electron chi connectivity index (χ1n) is 26.4. The van der Waals surface area contributed by atoms with E-state index in [1.165, 1.54) is 128 Å². The topological polar surface area (TPSA) is 178 Å². The Labute approximate surface area is 402 Å². The Morgan fingerprint density at radius 1 is 0.576 bits per heavy atom. The Kier molecular flexibility index (Phi) is 41.6. The number of esters is 1. The van der Waals surface area contributed by atoms with Gasteiger partial charge in [0.25, 0.3) is 0 Å². The number of rotatable bonds is 46. The highest BCUT2D eigenvalue weighted by Gasteiger charge is 2.48. The summed E-state index contributed by atoms with van der Waals surface area (Å²) in [5.74, 6) is -0.408. The van der Waals surface area contributed by atoms with Crippen molar-refractivity contribution < 1.29 is 56.2 Å². The van der Waals surface area contributed by atoms with E-state index in [-0.39, 0.29) is 19.6 Å². The monoisotopic (exact) mass is 957 g/mol. The maximum atomic E-state index is 12.9. The molecule has 6 atom stereocenters. The number of carbonyl (C=O) groups excluding carboxylic acids is 1. The molecule has 66 heavy (non-hydrogen) atoms. The van der Waals surface area contributed by atoms with Crippen LogP contribution in [-0.2, 0) is 38.3 Å². The highest BCUT2D eigenvalue weighted by Crippen LogP contribution is 2.26. The van der Waals surface area contributed by atoms with Crippen LogP contribution in [0.2, 0.25) is 0 Å². The summed E-state index contributed by atoms with van der Waals surface area (Å²) in [6, 6.07) is 0. The van der Waals surface area contributed by atoms with Gasteiger partial charge in [0.15, 0.2) is 6.29 Å². The predicted molar refractivity (Wildman–Crippen MR) is 266 cm³/mol. The molecule has 4 N–H and O–H groups in total. The summed E-state index contributed by atoms with van der Waals surface area (Å²) in [5, 5.41) is 30.8. The first kappa shape index (κ1) is 62.1. The first-order valence-corrected chi connectivity index (χ1v) is 27.8. The van der Waals surface area contributed by atoms with Crippen LogP contribution < -0.4 is 0 Å². The molecule has 1 rings (SSSR count). The van der Waals surface area contributed by atoms with Crippen LogP contribution in [-0.4, -0.2) is 97.5 Å². The second-order valence-corrected chi connectivity index (χ2v) is 19.2. The zero-order valence-corrected chi connectivity index (χ0v) is 42.3. The molecule has 1 aliphatic rings. The molecular formula is C53H96O12S. The van der Waals surface area contributed by atoms with Gasteiger partial charge in [0.1, 0.15) is 30.5 Å². The molecule has 12 nitrogen and oxygen atoms in total. The van der Waals surface area contributed by atoms with Crippen molar-refractivity contribution in [2.45, 2.75) is 256 Å². The average molecular weight is 957 g/mol. The number of hydrogen-bond donors (Lipinski definition) is 4. The summed E-state index contributed by atoms with van der Waals surface area (Å²) < 4.78 is 59.3. The highest BCUT2D eigenvalue weighted by atomic mass is 32.3. The van der Waals surface area contributed by atoms with E-state index in [4.69, 9.17) is 18.9 Å². The first-order chi connectivity index (χ1) is 32.1. The third-order valence-corrected chi connectivity index (χ3v) is 12.4. The van der Waals surface area contributed by atoms with Gasteiger partial charge in [0.05, 0.1) is 19.8 Å². The molecule has 1 saturated heterocycles. The van der Waals surface area contributed by atoms with Crippen LogP contribution in [0.5, 0.6) is 0 Å². The molecule has 1 aliphatic heterocycles. The Balaban J connectivity index is 2.35. The van der Waals surface area contributed by atoms with Gasteiger partial charge >= 0.3 is 16.4 Å². The zero-order valence-electron chi connectivity index (χ0n) is 41.5. The Morgan fingerprint density at radius 3 is 1.47 bits per heavy atom. The predicted octanol–water partition coefficient (Wildman–Crippen LogP) is 12.3. The quantitative estimate of drug-likeness (QED) is 0.0197. The van der Waals surface area contributed by atoms with Crippen molar-refractivity contribution >= 4 is 16.4 Å². The van der Waals surface area contributed by atoms with Crippen LogP contribution in [0.1, 0.15) is 219 Å². The fourth-order valence-corrected chi connectivity index (χ4v) is 8.42. The van der Waals surface area contributed by atoms with Crippen molar-refractivity contribution in [3.63, 3.8) is 0 Å². The molecule has 0 bridgehead atoms. The van der Waals surface area contributed by atoms with E-state index < -0.39 is 59.8 Å². The third kappa shape index (κ3) is 37.0. The van der Waals surface area contributed by atoms with Gasteiger partial charge < -0.3 is 34.3 Å². The fourth-order valence-electron chi connectivity index (χ4n) is 7.91. The van der Waals surface area contributed by atoms with Gasteiger partial charge in [-0.25, -0.2) is 4.18 Å². The number of allylic oxidation sites excluding steroid dienone is 8. The molecule has 1 heterocycles. The standard InChI is InChI=1S/C53H96O12S/c1-3-5-7-9-11-13-15-17-19-21-22-23-24-25-26-27-28-30-32-34-36-38-40-42-49(55)63-47(46-62-53-51(57)52(65-66(58,59)60)50(56)48(44-54)64-53)45-61-43-41-39-37-35-33-31-29-20-18-16-14-12-10-8-6-4-2/h15,17-18,20-22,24-25,47-48,50-54,56-57H,3-14,16,19,23,26-46H2,1-2H3,(H,58,59,60)/b17-15-,20-18-,22-21-,25-24-. The van der Waals surface area contributed by atoms with E-state index in [2.05, 4.69) is 66.6 Å². The number of hydrogen-bond acceptors (Lipinski definition) is 11. The van der Waals surface area contributed by atoms with Gasteiger partial charge in [-0.1, -0.05) is 184 Å². The number of unbranched alkanes of at least 4 members (excludes halogenated alkanes) is 25. The smallest absolute Gasteiger partial charge is 0.397 e. The fraction of sp³-hybridized carbons (Fsp3) is 0.830. The van der Waals surface area contributed by atoms with Crippen molar-refractivity contribution in [1.82, 2.24) is 0 Å². The highest BCUT2D eigenvalue weighted by molar-refractivity contribution is 7.80. The van der Waals surface area contributed by atoms with E-state index in [9.17, 15) is 33.1 Å². The van der Waals surface area contributed by atoms with Gasteiger partial charge in [0, 0.05) is 13.0 Å². The van der Waals surface area contributed by atoms with E-state index >= 15 is 0 Å². The lowest BCUT2D eigenvalue weighted by molar-refractivity contribution is -0.301. The molecule has 0 saturated carbocycles. The van der Waals surface area contributed by atoms with Crippen molar-refractivity contribution in [1.29, 1.82) is 0 Å². The lowest BCUT2D eigenvalue weighted by Gasteiger charge is -2.41. The van der Waals surface area contributed by atoms with Crippen LogP contribution in [0, 0.1) is 0 Å². The molecule has 6 unspecified atom stereocenters. The molecule has 386 valence electrons. The van der Waals surface area contributed by atoms with Crippen LogP contribution in [0.15, 0.2) is 48.6 Å². The van der Waals surface area contributed by atoms with Gasteiger partial charge in [0.2, 0.25) is 0 Å². The lowest BCUT2D eigenvalue weighted by Crippen LogP contribution is -2.60. The third-order valence-electron chi connectivity index (χ3n) is 11.9. The minimum Gasteiger partial charge on any atom is -0.457 e. The Hall–Kier alpha value is -1.94. The molecule has 0 amide bonds. The largest absolute Gasteiger partial charge is 0.457 e. The number of carbonyl (C=O) groups is 1. The van der Waals surface area contributed by atoms with Crippen molar-refractivity contribution in [3.05, 3.63) is 48.6 Å². The summed E-state index contributed by atoms with van der Waals surface area (Å²) in [7, 11) is -5.07. The van der Waals surface area contributed by atoms with Crippen LogP contribution in [0.3, 0.4) is 0 Å². The Morgan fingerprint density at radius 2 is 1.00 bits per heavy atom. The van der Waals surface area contributed by atoms with Gasteiger partial charge in [-0.15, -0.1) is 0 Å². The molecule has 0 aliphatic carbocycles. The summed E-state index contributed by atoms with van der Waals surface area (Å²) >= 11 is 0. The van der Waals surface area contributed by atoms with E-state index in [1.807, 2.05) is 0 Å². The van der Waals surface area contributed by atoms with Crippen molar-refractivity contribution in [2.75, 3.05) is 26.4 Å². The van der Waals surface area contributed by atoms with Crippen LogP contribution >= 0.6 is 0 Å². The number of aliphatic hydroxyl groups excluding tert-OH is 3. The molecule has 13 heteroatoms. The Bertz CT molecular complexity index is 1340. The van der Waals surface area contributed by atoms with E-state index in [0.29, 0.717) is 13.0 Å². The van der Waals surface area contributed by atoms with Crippen molar-refractivity contribution in [2.24, 2.45) is 0 Å². The van der Waals surface area contributed by atoms with Gasteiger partial charge in [-0.2, -0.15) is 8.42 Å².